The number of aromatic nitrogens is 3. The van der Waals surface area contributed by atoms with Gasteiger partial charge in [-0.1, -0.05) is 5.92 Å². The van der Waals surface area contributed by atoms with Crippen molar-refractivity contribution >= 4 is 27.0 Å². The lowest BCUT2D eigenvalue weighted by molar-refractivity contribution is 0.0266. The number of rotatable bonds is 5. The maximum atomic E-state index is 15.1. The van der Waals surface area contributed by atoms with E-state index in [-0.39, 0.29) is 37.6 Å². The van der Waals surface area contributed by atoms with E-state index >= 15 is 4.39 Å². The highest BCUT2D eigenvalue weighted by Gasteiger charge is 2.41. The van der Waals surface area contributed by atoms with Gasteiger partial charge in [0.25, 0.3) is 5.56 Å². The van der Waals surface area contributed by atoms with E-state index in [4.69, 9.17) is 11.2 Å². The molecule has 0 bridgehead atoms. The molecular weight excluding hydrogens is 489 g/mol. The zero-order chi connectivity index (χ0) is 25.7. The molecule has 194 valence electrons. The number of hydrogen-bond donors (Lipinski definition) is 2. The summed E-state index contributed by atoms with van der Waals surface area (Å²) in [5.74, 6) is 2.52. The Morgan fingerprint density at radius 1 is 1.36 bits per heavy atom. The first-order valence-corrected chi connectivity index (χ1v) is 13.7. The molecule has 2 aromatic rings. The molecule has 2 N–H and O–H groups in total. The van der Waals surface area contributed by atoms with E-state index in [1.165, 1.54) is 21.1 Å². The third-order valence-electron chi connectivity index (χ3n) is 7.61. The second kappa shape index (κ2) is 9.37. The summed E-state index contributed by atoms with van der Waals surface area (Å²) >= 11 is 0. The Morgan fingerprint density at radius 3 is 2.81 bits per heavy atom. The number of hydrogen-bond acceptors (Lipinski definition) is 8. The highest BCUT2D eigenvalue weighted by molar-refractivity contribution is 7.89. The average molecular weight is 520 g/mol. The largest absolute Gasteiger partial charge is 0.388 e. The quantitative estimate of drug-likeness (QED) is 0.564. The van der Waals surface area contributed by atoms with Crippen LogP contribution in [0.3, 0.4) is 0 Å². The standard InChI is InChI=1S/C24H30FN5O5S/c1-3-15-11-16-12-26-23(28-21(16)30(22(15)31)20-5-4-8-24(20,2)32)27-19-6-9-29(13-18(19)25)36(33,34)17-7-10-35-14-17/h1,11-12,17-20,32H,4-10,13-14H2,2H3,(H,26,27,28)/t17?,18-,19-,20-,24-/m1/s1. The van der Waals surface area contributed by atoms with Crippen LogP contribution in [0, 0.1) is 12.3 Å². The van der Waals surface area contributed by atoms with E-state index in [1.54, 1.807) is 6.92 Å². The molecule has 0 amide bonds. The molecule has 2 saturated heterocycles. The van der Waals surface area contributed by atoms with Gasteiger partial charge in [0.2, 0.25) is 16.0 Å². The highest BCUT2D eigenvalue weighted by atomic mass is 32.2. The van der Waals surface area contributed by atoms with Gasteiger partial charge in [0.05, 0.1) is 29.9 Å². The van der Waals surface area contributed by atoms with E-state index in [0.29, 0.717) is 36.9 Å². The van der Waals surface area contributed by atoms with Crippen LogP contribution < -0.4 is 10.9 Å². The second-order valence-electron chi connectivity index (χ2n) is 10.1. The van der Waals surface area contributed by atoms with Crippen LogP contribution in [-0.2, 0) is 14.8 Å². The number of fused-ring (bicyclic) bond motifs is 1. The molecule has 3 fully saturated rings. The number of terminal acetylenes is 1. The molecule has 1 aliphatic carbocycles. The van der Waals surface area contributed by atoms with Crippen molar-refractivity contribution in [2.75, 3.05) is 31.6 Å². The van der Waals surface area contributed by atoms with Crippen molar-refractivity contribution in [3.63, 3.8) is 0 Å². The van der Waals surface area contributed by atoms with Crippen LogP contribution >= 0.6 is 0 Å². The Balaban J connectivity index is 1.41. The molecule has 10 nitrogen and oxygen atoms in total. The Kier molecular flexibility index (Phi) is 6.53. The van der Waals surface area contributed by atoms with Crippen LogP contribution in [0.25, 0.3) is 11.0 Å². The number of nitrogens with one attached hydrogen (secondary N) is 1. The lowest BCUT2D eigenvalue weighted by Crippen LogP contribution is -2.52. The first-order valence-electron chi connectivity index (χ1n) is 12.2. The fourth-order valence-corrected chi connectivity index (χ4v) is 7.31. The van der Waals surface area contributed by atoms with Gasteiger partial charge in [0.15, 0.2) is 0 Å². The molecule has 12 heteroatoms. The monoisotopic (exact) mass is 519 g/mol. The van der Waals surface area contributed by atoms with Crippen molar-refractivity contribution in [3.05, 3.63) is 28.2 Å². The SMILES string of the molecule is C#Cc1cc2cnc(N[C@@H]3CCN(S(=O)(=O)C4CCOC4)C[C@H]3F)nc2n([C@@H]2CCC[C@@]2(C)O)c1=O. The van der Waals surface area contributed by atoms with Crippen LogP contribution in [-0.4, -0.2) is 81.7 Å². The summed E-state index contributed by atoms with van der Waals surface area (Å²) in [7, 11) is -3.63. The van der Waals surface area contributed by atoms with Crippen LogP contribution in [0.1, 0.15) is 50.6 Å². The van der Waals surface area contributed by atoms with Crippen LogP contribution in [0.15, 0.2) is 17.1 Å². The summed E-state index contributed by atoms with van der Waals surface area (Å²) in [6, 6.07) is 0.328. The van der Waals surface area contributed by atoms with Gasteiger partial charge >= 0.3 is 0 Å². The third kappa shape index (κ3) is 4.38. The lowest BCUT2D eigenvalue weighted by Gasteiger charge is -2.35. The smallest absolute Gasteiger partial charge is 0.268 e. The minimum absolute atomic E-state index is 0.120. The Bertz CT molecular complexity index is 1370. The van der Waals surface area contributed by atoms with Gasteiger partial charge in [-0.15, -0.1) is 6.42 Å². The first-order chi connectivity index (χ1) is 17.1. The number of pyridine rings is 1. The van der Waals surface area contributed by atoms with Gasteiger partial charge < -0.3 is 15.2 Å². The number of sulfonamides is 1. The summed E-state index contributed by atoms with van der Waals surface area (Å²) in [6.07, 6.45) is 8.12. The zero-order valence-corrected chi connectivity index (χ0v) is 20.9. The molecule has 3 aliphatic rings. The predicted molar refractivity (Wildman–Crippen MR) is 132 cm³/mol. The second-order valence-corrected chi connectivity index (χ2v) is 12.3. The molecule has 2 aromatic heterocycles. The summed E-state index contributed by atoms with van der Waals surface area (Å²) in [4.78, 5) is 22.0. The minimum atomic E-state index is -3.63. The molecule has 5 atom stereocenters. The lowest BCUT2D eigenvalue weighted by atomic mass is 9.99. The highest BCUT2D eigenvalue weighted by Crippen LogP contribution is 2.39. The number of aliphatic hydroxyl groups is 1. The van der Waals surface area contributed by atoms with E-state index in [9.17, 15) is 18.3 Å². The molecule has 0 aromatic carbocycles. The molecule has 0 radical (unpaired) electrons. The Hall–Kier alpha value is -2.59. The fourth-order valence-electron chi connectivity index (χ4n) is 5.52. The maximum Gasteiger partial charge on any atom is 0.268 e. The van der Waals surface area contributed by atoms with Crippen LogP contribution in [0.5, 0.6) is 0 Å². The van der Waals surface area contributed by atoms with Crippen molar-refractivity contribution in [1.82, 2.24) is 18.8 Å². The first kappa shape index (κ1) is 25.1. The number of alkyl halides is 1. The summed E-state index contributed by atoms with van der Waals surface area (Å²) < 4.78 is 48.6. The molecule has 5 rings (SSSR count). The fraction of sp³-hybridized carbons (Fsp3) is 0.625. The maximum absolute atomic E-state index is 15.1. The third-order valence-corrected chi connectivity index (χ3v) is 9.87. The van der Waals surface area contributed by atoms with Crippen molar-refractivity contribution in [1.29, 1.82) is 0 Å². The molecule has 4 heterocycles. The van der Waals surface area contributed by atoms with Gasteiger partial charge in [-0.3, -0.25) is 9.36 Å². The van der Waals surface area contributed by atoms with E-state index in [2.05, 4.69) is 21.2 Å². The van der Waals surface area contributed by atoms with E-state index in [1.807, 2.05) is 0 Å². The Morgan fingerprint density at radius 2 is 2.17 bits per heavy atom. The van der Waals surface area contributed by atoms with Crippen molar-refractivity contribution in [3.8, 4) is 12.3 Å². The molecule has 1 saturated carbocycles. The van der Waals surface area contributed by atoms with E-state index in [0.717, 1.165) is 6.42 Å². The van der Waals surface area contributed by atoms with Gasteiger partial charge in [0.1, 0.15) is 17.1 Å². The van der Waals surface area contributed by atoms with Crippen LogP contribution in [0.4, 0.5) is 10.3 Å². The number of piperidine rings is 1. The normalized spacial score (nSPS) is 31.5. The molecular formula is C24H30FN5O5S. The molecule has 36 heavy (non-hydrogen) atoms. The Labute approximate surface area is 208 Å². The van der Waals surface area contributed by atoms with E-state index < -0.39 is 44.7 Å². The van der Waals surface area contributed by atoms with Crippen molar-refractivity contribution < 1.29 is 22.7 Å². The summed E-state index contributed by atoms with van der Waals surface area (Å²) in [5, 5.41) is 13.8. The van der Waals surface area contributed by atoms with Gasteiger partial charge in [-0.2, -0.15) is 9.29 Å². The number of halogens is 1. The number of nitrogens with zero attached hydrogens (tertiary/aromatic N) is 4. The van der Waals surface area contributed by atoms with Crippen molar-refractivity contribution in [2.45, 2.75) is 68.1 Å². The minimum Gasteiger partial charge on any atom is -0.388 e. The average Bonchev–Trinajstić information content (AvgIpc) is 3.50. The molecule has 1 unspecified atom stereocenters. The van der Waals surface area contributed by atoms with Crippen LogP contribution in [0.2, 0.25) is 0 Å². The molecule has 2 aliphatic heterocycles. The summed E-state index contributed by atoms with van der Waals surface area (Å²) in [5.41, 5.74) is -1.06. The van der Waals surface area contributed by atoms with Gasteiger partial charge in [-0.05, 0) is 45.1 Å². The number of ether oxygens (including phenoxy) is 1. The topological polar surface area (TPSA) is 127 Å². The van der Waals surface area contributed by atoms with Crippen molar-refractivity contribution in [2.24, 2.45) is 0 Å². The predicted octanol–water partition coefficient (Wildman–Crippen LogP) is 1.19. The van der Waals surface area contributed by atoms with Gasteiger partial charge in [0, 0.05) is 31.3 Å². The zero-order valence-electron chi connectivity index (χ0n) is 20.1. The summed E-state index contributed by atoms with van der Waals surface area (Å²) in [6.45, 7) is 2.14. The molecule has 0 spiro atoms. The number of anilines is 1. The van der Waals surface area contributed by atoms with Gasteiger partial charge in [-0.25, -0.2) is 17.8 Å².